The van der Waals surface area contributed by atoms with Crippen molar-refractivity contribution in [3.8, 4) is 22.5 Å². The largest absolute Gasteiger partial charge is 0.416 e. The Morgan fingerprint density at radius 1 is 0.943 bits per heavy atom. The van der Waals surface area contributed by atoms with Crippen LogP contribution in [0.4, 0.5) is 19.0 Å². The van der Waals surface area contributed by atoms with Crippen LogP contribution in [-0.2, 0) is 12.7 Å². The fourth-order valence-electron chi connectivity index (χ4n) is 3.86. The number of rotatable bonds is 6. The summed E-state index contributed by atoms with van der Waals surface area (Å²) in [6.45, 7) is 2.16. The maximum absolute atomic E-state index is 13.0. The summed E-state index contributed by atoms with van der Waals surface area (Å²) in [5.41, 5.74) is 2.30. The van der Waals surface area contributed by atoms with E-state index in [9.17, 15) is 13.2 Å². The number of alkyl halides is 3. The number of hydrogen-bond donors (Lipinski definition) is 1. The molecule has 4 heterocycles. The highest BCUT2D eigenvalue weighted by Gasteiger charge is 2.31. The summed E-state index contributed by atoms with van der Waals surface area (Å²) in [6.07, 6.45) is 2.09. The summed E-state index contributed by atoms with van der Waals surface area (Å²) in [5.74, 6) is 0.666. The Kier molecular flexibility index (Phi) is 6.36. The number of anilines is 1. The predicted octanol–water partition coefficient (Wildman–Crippen LogP) is 5.25. The number of nitrogens with zero attached hydrogens (tertiary/aromatic N) is 5. The van der Waals surface area contributed by atoms with Crippen LogP contribution in [0.25, 0.3) is 22.5 Å². The second-order valence-electron chi connectivity index (χ2n) is 8.16. The second kappa shape index (κ2) is 9.59. The second-order valence-corrected chi connectivity index (χ2v) is 8.57. The third-order valence-electron chi connectivity index (χ3n) is 5.78. The van der Waals surface area contributed by atoms with Crippen LogP contribution in [0.3, 0.4) is 0 Å². The van der Waals surface area contributed by atoms with Gasteiger partial charge in [-0.25, -0.2) is 4.98 Å². The van der Waals surface area contributed by atoms with Crippen molar-refractivity contribution in [1.82, 2.24) is 25.3 Å². The lowest BCUT2D eigenvalue weighted by Crippen LogP contribution is -2.58. The van der Waals surface area contributed by atoms with E-state index in [0.29, 0.717) is 39.9 Å². The summed E-state index contributed by atoms with van der Waals surface area (Å²) >= 11 is 6.40. The summed E-state index contributed by atoms with van der Waals surface area (Å²) in [4.78, 5) is 19.8. The number of halogens is 4. The maximum Gasteiger partial charge on any atom is 0.416 e. The number of pyridine rings is 2. The first-order valence-corrected chi connectivity index (χ1v) is 11.3. The van der Waals surface area contributed by atoms with E-state index < -0.39 is 11.7 Å². The van der Waals surface area contributed by atoms with Crippen molar-refractivity contribution in [2.45, 2.75) is 18.8 Å². The normalized spacial score (nSPS) is 14.1. The zero-order valence-electron chi connectivity index (χ0n) is 18.4. The molecule has 178 valence electrons. The van der Waals surface area contributed by atoms with E-state index in [1.165, 1.54) is 18.3 Å². The lowest BCUT2D eigenvalue weighted by atomic mass is 10.0. The van der Waals surface area contributed by atoms with Crippen LogP contribution in [0.5, 0.6) is 0 Å². The van der Waals surface area contributed by atoms with Gasteiger partial charge in [0.2, 0.25) is 0 Å². The number of hydrogen-bond acceptors (Lipinski definition) is 6. The van der Waals surface area contributed by atoms with Gasteiger partial charge in [-0.3, -0.25) is 15.0 Å². The summed E-state index contributed by atoms with van der Waals surface area (Å²) < 4.78 is 39.1. The summed E-state index contributed by atoms with van der Waals surface area (Å²) in [6, 6.07) is 12.7. The van der Waals surface area contributed by atoms with Crippen molar-refractivity contribution in [2.75, 3.05) is 18.0 Å². The van der Waals surface area contributed by atoms with E-state index >= 15 is 0 Å². The number of benzene rings is 1. The lowest BCUT2D eigenvalue weighted by Gasteiger charge is -2.40. The Hall–Kier alpha value is -3.56. The molecule has 0 atom stereocenters. The Labute approximate surface area is 204 Å². The molecular formula is C25H20ClF3N6. The van der Waals surface area contributed by atoms with Gasteiger partial charge < -0.3 is 10.2 Å². The molecule has 6 nitrogen and oxygen atoms in total. The van der Waals surface area contributed by atoms with Crippen LogP contribution in [0.2, 0.25) is 5.02 Å². The molecule has 0 unspecified atom stereocenters. The Morgan fingerprint density at radius 3 is 2.43 bits per heavy atom. The van der Waals surface area contributed by atoms with Crippen molar-refractivity contribution in [3.05, 3.63) is 89.6 Å². The van der Waals surface area contributed by atoms with Crippen molar-refractivity contribution in [1.29, 1.82) is 0 Å². The molecule has 0 spiro atoms. The molecule has 1 aliphatic rings. The first kappa shape index (κ1) is 23.2. The van der Waals surface area contributed by atoms with Crippen LogP contribution in [0.15, 0.2) is 73.3 Å². The zero-order chi connectivity index (χ0) is 24.4. The van der Waals surface area contributed by atoms with Crippen molar-refractivity contribution in [3.63, 3.8) is 0 Å². The van der Waals surface area contributed by atoms with Crippen LogP contribution in [0.1, 0.15) is 11.3 Å². The van der Waals surface area contributed by atoms with Crippen LogP contribution < -0.4 is 10.2 Å². The minimum atomic E-state index is -4.41. The highest BCUT2D eigenvalue weighted by Crippen LogP contribution is 2.36. The van der Waals surface area contributed by atoms with Gasteiger partial charge in [-0.15, -0.1) is 0 Å². The topological polar surface area (TPSA) is 66.8 Å². The van der Waals surface area contributed by atoms with Gasteiger partial charge in [-0.2, -0.15) is 13.2 Å². The molecule has 1 aliphatic heterocycles. The molecule has 0 amide bonds. The van der Waals surface area contributed by atoms with Crippen LogP contribution >= 0.6 is 11.6 Å². The molecular weight excluding hydrogens is 477 g/mol. The van der Waals surface area contributed by atoms with E-state index in [-0.39, 0.29) is 6.04 Å². The average molecular weight is 497 g/mol. The van der Waals surface area contributed by atoms with E-state index in [0.717, 1.165) is 30.9 Å². The molecule has 0 aliphatic carbocycles. The molecule has 35 heavy (non-hydrogen) atoms. The molecule has 0 saturated carbocycles. The zero-order valence-corrected chi connectivity index (χ0v) is 19.1. The van der Waals surface area contributed by atoms with Gasteiger partial charge >= 0.3 is 6.18 Å². The third kappa shape index (κ3) is 5.11. The van der Waals surface area contributed by atoms with Gasteiger partial charge in [0.15, 0.2) is 0 Å². The van der Waals surface area contributed by atoms with Gasteiger partial charge in [0.1, 0.15) is 11.5 Å². The highest BCUT2D eigenvalue weighted by atomic mass is 35.5. The quantitative estimate of drug-likeness (QED) is 0.393. The van der Waals surface area contributed by atoms with E-state index in [4.69, 9.17) is 16.6 Å². The minimum absolute atomic E-state index is 0.279. The summed E-state index contributed by atoms with van der Waals surface area (Å²) in [7, 11) is 0. The average Bonchev–Trinajstić information content (AvgIpc) is 2.83. The standard InChI is InChI=1S/C25H20ClF3N6/c26-21-12-30-10-8-20(21)24-23(16-4-6-17(7-5-16)25(27,28)29)33-13-22(34-24)35-14-19(15-35)32-11-18-3-1-2-9-31-18/h1-10,12-13,19,32H,11,14-15H2. The monoisotopic (exact) mass is 496 g/mol. The van der Waals surface area contributed by atoms with Gasteiger partial charge in [0.05, 0.1) is 28.2 Å². The molecule has 1 fully saturated rings. The Balaban J connectivity index is 1.39. The highest BCUT2D eigenvalue weighted by molar-refractivity contribution is 6.33. The first-order valence-electron chi connectivity index (χ1n) is 10.9. The smallest absolute Gasteiger partial charge is 0.352 e. The summed E-state index contributed by atoms with van der Waals surface area (Å²) in [5, 5.41) is 3.85. The van der Waals surface area contributed by atoms with Crippen molar-refractivity contribution in [2.24, 2.45) is 0 Å². The molecule has 1 N–H and O–H groups in total. The Morgan fingerprint density at radius 2 is 1.74 bits per heavy atom. The predicted molar refractivity (Wildman–Crippen MR) is 128 cm³/mol. The van der Waals surface area contributed by atoms with E-state index in [1.54, 1.807) is 24.7 Å². The number of nitrogens with one attached hydrogen (secondary N) is 1. The number of aromatic nitrogens is 4. The molecule has 1 saturated heterocycles. The Bertz CT molecular complexity index is 1310. The van der Waals surface area contributed by atoms with Crippen LogP contribution in [-0.4, -0.2) is 39.1 Å². The van der Waals surface area contributed by atoms with Crippen molar-refractivity contribution >= 4 is 17.4 Å². The molecule has 4 aromatic rings. The molecule has 1 aromatic carbocycles. The minimum Gasteiger partial charge on any atom is -0.352 e. The van der Waals surface area contributed by atoms with Crippen LogP contribution in [0, 0.1) is 0 Å². The molecule has 10 heteroatoms. The van der Waals surface area contributed by atoms with Gasteiger partial charge in [-0.05, 0) is 30.3 Å². The fraction of sp³-hybridized carbons (Fsp3) is 0.200. The lowest BCUT2D eigenvalue weighted by molar-refractivity contribution is -0.137. The molecule has 0 bridgehead atoms. The SMILES string of the molecule is FC(F)(F)c1ccc(-c2ncc(N3CC(NCc4ccccn4)C3)nc2-c2ccncc2Cl)cc1. The van der Waals surface area contributed by atoms with Crippen molar-refractivity contribution < 1.29 is 13.2 Å². The van der Waals surface area contributed by atoms with Gasteiger partial charge in [0, 0.05) is 55.4 Å². The van der Waals surface area contributed by atoms with Gasteiger partial charge in [-0.1, -0.05) is 29.8 Å². The van der Waals surface area contributed by atoms with E-state index in [2.05, 4.69) is 25.2 Å². The third-order valence-corrected chi connectivity index (χ3v) is 6.08. The molecule has 5 rings (SSSR count). The fourth-order valence-corrected chi connectivity index (χ4v) is 4.07. The molecule has 0 radical (unpaired) electrons. The molecule has 3 aromatic heterocycles. The van der Waals surface area contributed by atoms with E-state index in [1.807, 2.05) is 18.2 Å². The maximum atomic E-state index is 13.0. The van der Waals surface area contributed by atoms with Gasteiger partial charge in [0.25, 0.3) is 0 Å². The first-order chi connectivity index (χ1) is 16.9.